The lowest BCUT2D eigenvalue weighted by Crippen LogP contribution is -2.13. The van der Waals surface area contributed by atoms with E-state index in [1.807, 2.05) is 20.2 Å². The number of pyridine rings is 1. The van der Waals surface area contributed by atoms with Gasteiger partial charge in [-0.2, -0.15) is 0 Å². The molecule has 1 aromatic heterocycles. The smallest absolute Gasteiger partial charge is 0.0373 e. The predicted molar refractivity (Wildman–Crippen MR) is 71.9 cm³/mol. The lowest BCUT2D eigenvalue weighted by Gasteiger charge is -2.15. The van der Waals surface area contributed by atoms with E-state index < -0.39 is 0 Å². The Morgan fingerprint density at radius 2 is 1.88 bits per heavy atom. The van der Waals surface area contributed by atoms with Crippen LogP contribution in [0, 0.1) is 6.92 Å². The quantitative estimate of drug-likeness (QED) is 0.868. The van der Waals surface area contributed by atoms with Crippen LogP contribution in [0.3, 0.4) is 0 Å². The number of benzene rings is 1. The fraction of sp³-hybridized carbons (Fsp3) is 0.267. The van der Waals surface area contributed by atoms with Gasteiger partial charge in [-0.25, -0.2) is 0 Å². The highest BCUT2D eigenvalue weighted by Gasteiger charge is 2.09. The highest BCUT2D eigenvalue weighted by atomic mass is 14.9. The summed E-state index contributed by atoms with van der Waals surface area (Å²) in [5.74, 6) is 0. The van der Waals surface area contributed by atoms with E-state index in [9.17, 15) is 0 Å². The molecular formula is C15H18N2. The number of aromatic nitrogens is 1. The molecule has 0 aliphatic rings. The van der Waals surface area contributed by atoms with Crippen molar-refractivity contribution in [2.75, 3.05) is 7.05 Å². The van der Waals surface area contributed by atoms with Crippen molar-refractivity contribution in [3.63, 3.8) is 0 Å². The monoisotopic (exact) mass is 226 g/mol. The van der Waals surface area contributed by atoms with Crippen molar-refractivity contribution in [2.24, 2.45) is 0 Å². The van der Waals surface area contributed by atoms with E-state index in [1.165, 1.54) is 16.7 Å². The number of rotatable bonds is 3. The second-order valence-corrected chi connectivity index (χ2v) is 4.29. The van der Waals surface area contributed by atoms with Gasteiger partial charge in [-0.1, -0.05) is 30.3 Å². The van der Waals surface area contributed by atoms with E-state index in [4.69, 9.17) is 0 Å². The third kappa shape index (κ3) is 2.53. The van der Waals surface area contributed by atoms with E-state index in [0.29, 0.717) is 6.04 Å². The molecule has 1 N–H and O–H groups in total. The first-order valence-electron chi connectivity index (χ1n) is 5.91. The molecule has 0 saturated carbocycles. The van der Waals surface area contributed by atoms with Crippen LogP contribution < -0.4 is 5.32 Å². The number of nitrogens with one attached hydrogen (secondary N) is 1. The van der Waals surface area contributed by atoms with Crippen LogP contribution in [0.25, 0.3) is 11.1 Å². The molecule has 0 aliphatic heterocycles. The van der Waals surface area contributed by atoms with Crippen molar-refractivity contribution in [3.05, 3.63) is 53.9 Å². The Kier molecular flexibility index (Phi) is 3.55. The molecule has 1 aromatic carbocycles. The minimum absolute atomic E-state index is 0.340. The minimum atomic E-state index is 0.340. The molecule has 0 amide bonds. The second-order valence-electron chi connectivity index (χ2n) is 4.29. The highest BCUT2D eigenvalue weighted by molar-refractivity contribution is 5.67. The first-order valence-corrected chi connectivity index (χ1v) is 5.91. The maximum absolute atomic E-state index is 4.36. The average Bonchev–Trinajstić information content (AvgIpc) is 2.39. The Morgan fingerprint density at radius 1 is 1.12 bits per heavy atom. The summed E-state index contributed by atoms with van der Waals surface area (Å²) < 4.78 is 0. The molecule has 2 aromatic rings. The van der Waals surface area contributed by atoms with Crippen LogP contribution in [-0.4, -0.2) is 12.0 Å². The molecule has 0 fully saturated rings. The number of hydrogen-bond donors (Lipinski definition) is 1. The molecule has 0 aliphatic carbocycles. The van der Waals surface area contributed by atoms with Gasteiger partial charge in [-0.05, 0) is 38.1 Å². The highest BCUT2D eigenvalue weighted by Crippen LogP contribution is 2.27. The maximum atomic E-state index is 4.36. The molecule has 0 saturated heterocycles. The van der Waals surface area contributed by atoms with E-state index in [2.05, 4.69) is 53.6 Å². The van der Waals surface area contributed by atoms with Crippen LogP contribution in [-0.2, 0) is 0 Å². The van der Waals surface area contributed by atoms with Crippen LogP contribution in [0.15, 0.2) is 42.6 Å². The maximum Gasteiger partial charge on any atom is 0.0373 e. The molecule has 1 unspecified atom stereocenters. The van der Waals surface area contributed by atoms with E-state index in [0.717, 1.165) is 5.69 Å². The van der Waals surface area contributed by atoms with E-state index >= 15 is 0 Å². The Labute approximate surface area is 103 Å². The van der Waals surface area contributed by atoms with Crippen LogP contribution in [0.5, 0.6) is 0 Å². The molecular weight excluding hydrogens is 208 g/mol. The van der Waals surface area contributed by atoms with Crippen LogP contribution in [0.4, 0.5) is 0 Å². The normalized spacial score (nSPS) is 12.4. The summed E-state index contributed by atoms with van der Waals surface area (Å²) >= 11 is 0. The lowest BCUT2D eigenvalue weighted by atomic mass is 9.96. The molecule has 0 spiro atoms. The Hall–Kier alpha value is -1.67. The summed E-state index contributed by atoms with van der Waals surface area (Å²) in [7, 11) is 1.98. The average molecular weight is 226 g/mol. The van der Waals surface area contributed by atoms with Gasteiger partial charge in [0.25, 0.3) is 0 Å². The Bertz CT molecular complexity index is 489. The van der Waals surface area contributed by atoms with Gasteiger partial charge < -0.3 is 5.32 Å². The molecule has 2 nitrogen and oxygen atoms in total. The number of nitrogens with zero attached hydrogens (tertiary/aromatic N) is 1. The third-order valence-electron chi connectivity index (χ3n) is 3.08. The summed E-state index contributed by atoms with van der Waals surface area (Å²) in [6, 6.07) is 13.0. The predicted octanol–water partition coefficient (Wildman–Crippen LogP) is 3.34. The zero-order chi connectivity index (χ0) is 12.3. The molecule has 2 rings (SSSR count). The summed E-state index contributed by atoms with van der Waals surface area (Å²) in [5, 5.41) is 3.28. The molecule has 1 atom stereocenters. The van der Waals surface area contributed by atoms with Crippen molar-refractivity contribution in [1.82, 2.24) is 10.3 Å². The van der Waals surface area contributed by atoms with E-state index in [-0.39, 0.29) is 0 Å². The lowest BCUT2D eigenvalue weighted by molar-refractivity contribution is 0.654. The van der Waals surface area contributed by atoms with Gasteiger partial charge in [0.15, 0.2) is 0 Å². The van der Waals surface area contributed by atoms with Gasteiger partial charge in [0, 0.05) is 23.5 Å². The molecule has 0 radical (unpaired) electrons. The van der Waals surface area contributed by atoms with Gasteiger partial charge >= 0.3 is 0 Å². The molecule has 1 heterocycles. The van der Waals surface area contributed by atoms with Gasteiger partial charge in [-0.15, -0.1) is 0 Å². The van der Waals surface area contributed by atoms with Crippen molar-refractivity contribution < 1.29 is 0 Å². The zero-order valence-corrected chi connectivity index (χ0v) is 10.6. The van der Waals surface area contributed by atoms with Crippen molar-refractivity contribution in [2.45, 2.75) is 19.9 Å². The summed E-state index contributed by atoms with van der Waals surface area (Å²) in [5.41, 5.74) is 4.78. The van der Waals surface area contributed by atoms with Crippen LogP contribution in [0.2, 0.25) is 0 Å². The summed E-state index contributed by atoms with van der Waals surface area (Å²) in [4.78, 5) is 4.36. The van der Waals surface area contributed by atoms with Crippen LogP contribution >= 0.6 is 0 Å². The SMILES string of the molecule is CNC(C)c1ccccc1-c1ccc(C)nc1. The molecule has 17 heavy (non-hydrogen) atoms. The fourth-order valence-corrected chi connectivity index (χ4v) is 1.92. The third-order valence-corrected chi connectivity index (χ3v) is 3.08. The Balaban J connectivity index is 2.48. The standard InChI is InChI=1S/C15H18N2/c1-11-8-9-13(10-17-11)15-7-5-4-6-14(15)12(2)16-3/h4-10,12,16H,1-3H3. The second kappa shape index (κ2) is 5.11. The van der Waals surface area contributed by atoms with Gasteiger partial charge in [0.2, 0.25) is 0 Å². The van der Waals surface area contributed by atoms with Crippen molar-refractivity contribution >= 4 is 0 Å². The van der Waals surface area contributed by atoms with Gasteiger partial charge in [-0.3, -0.25) is 4.98 Å². The van der Waals surface area contributed by atoms with Crippen LogP contribution in [0.1, 0.15) is 24.2 Å². The summed E-state index contributed by atoms with van der Waals surface area (Å²) in [6.07, 6.45) is 1.94. The minimum Gasteiger partial charge on any atom is -0.313 e. The largest absolute Gasteiger partial charge is 0.313 e. The fourth-order valence-electron chi connectivity index (χ4n) is 1.92. The molecule has 2 heteroatoms. The van der Waals surface area contributed by atoms with Gasteiger partial charge in [0.1, 0.15) is 0 Å². The van der Waals surface area contributed by atoms with Gasteiger partial charge in [0.05, 0.1) is 0 Å². The topological polar surface area (TPSA) is 24.9 Å². The number of hydrogen-bond acceptors (Lipinski definition) is 2. The first kappa shape index (κ1) is 11.8. The number of aryl methyl sites for hydroxylation is 1. The molecule has 88 valence electrons. The molecule has 0 bridgehead atoms. The van der Waals surface area contributed by atoms with Crippen molar-refractivity contribution in [3.8, 4) is 11.1 Å². The first-order chi connectivity index (χ1) is 8.22. The Morgan fingerprint density at radius 3 is 2.53 bits per heavy atom. The zero-order valence-electron chi connectivity index (χ0n) is 10.6. The van der Waals surface area contributed by atoms with Crippen molar-refractivity contribution in [1.29, 1.82) is 0 Å². The summed E-state index contributed by atoms with van der Waals surface area (Å²) in [6.45, 7) is 4.17. The van der Waals surface area contributed by atoms with E-state index in [1.54, 1.807) is 0 Å².